The Morgan fingerprint density at radius 1 is 1.00 bits per heavy atom. The highest BCUT2D eigenvalue weighted by Gasteiger charge is 2.69. The molecule has 0 saturated heterocycles. The van der Waals surface area contributed by atoms with Gasteiger partial charge in [-0.15, -0.1) is 0 Å². The Labute approximate surface area is 282 Å². The van der Waals surface area contributed by atoms with Crippen LogP contribution in [0.1, 0.15) is 105 Å². The monoisotopic (exact) mass is 684 g/mol. The number of halogens is 1. The van der Waals surface area contributed by atoms with E-state index in [1.54, 1.807) is 6.33 Å². The molecule has 0 amide bonds. The molecule has 46 heavy (non-hydrogen) atoms. The van der Waals surface area contributed by atoms with Crippen LogP contribution in [0.3, 0.4) is 0 Å². The predicted molar refractivity (Wildman–Crippen MR) is 184 cm³/mol. The van der Waals surface area contributed by atoms with Crippen LogP contribution in [0, 0.1) is 51.2 Å². The average molecular weight is 686 g/mol. The molecule has 0 aliphatic heterocycles. The van der Waals surface area contributed by atoms with Crippen LogP contribution < -0.4 is 0 Å². The normalized spacial score (nSPS) is 41.0. The van der Waals surface area contributed by atoms with Crippen LogP contribution in [0.4, 0.5) is 0 Å². The SMILES string of the molecule is C[C@@H]1CC[C@]2(C(=O)O)CC[C@]3(C)C(=CCC4[C@@]5(C)Cc6c(nc7ncnn7c6-c6ccccc6Br)C(C)(C)C5CC[C@]43C)C2[C@H]1C. The number of carboxylic acids is 1. The van der Waals surface area contributed by atoms with Gasteiger partial charge in [0.05, 0.1) is 16.8 Å². The molecule has 2 heterocycles. The molecule has 0 radical (unpaired) electrons. The van der Waals surface area contributed by atoms with Gasteiger partial charge in [-0.2, -0.15) is 14.6 Å². The van der Waals surface area contributed by atoms with E-state index in [1.165, 1.54) is 23.3 Å². The zero-order valence-electron chi connectivity index (χ0n) is 28.5. The number of carboxylic acid groups (broad SMARTS) is 1. The summed E-state index contributed by atoms with van der Waals surface area (Å²) in [4.78, 5) is 23.0. The lowest BCUT2D eigenvalue weighted by Gasteiger charge is -2.70. The first-order chi connectivity index (χ1) is 21.7. The van der Waals surface area contributed by atoms with Gasteiger partial charge in [0.25, 0.3) is 5.78 Å². The third-order valence-electron chi connectivity index (χ3n) is 15.4. The van der Waals surface area contributed by atoms with Gasteiger partial charge in [-0.25, -0.2) is 4.98 Å². The van der Waals surface area contributed by atoms with Crippen LogP contribution in [-0.4, -0.2) is 30.7 Å². The van der Waals surface area contributed by atoms with E-state index in [2.05, 4.69) is 99.7 Å². The summed E-state index contributed by atoms with van der Waals surface area (Å²) < 4.78 is 3.01. The number of fused-ring (bicyclic) bond motifs is 9. The quantitative estimate of drug-likeness (QED) is 0.272. The van der Waals surface area contributed by atoms with E-state index in [9.17, 15) is 9.90 Å². The standard InChI is InChI=1S/C39H49BrN4O2/c1-22-14-17-39(33(45)46)19-18-37(6)26(30(39)23(22)2)12-13-29-36(5)20-25-31(24-10-8-9-11-27(24)40)44-34(41-21-42-44)43-32(25)35(3,4)28(36)15-16-38(29,37)7/h8-12,21-23,28-30H,13-20H2,1-7H3,(H,45,46)/t22-,23+,28?,29?,30?,36+,37-,38-,39+/m1/s1. The highest BCUT2D eigenvalue weighted by molar-refractivity contribution is 9.10. The van der Waals surface area contributed by atoms with Crippen molar-refractivity contribution in [3.8, 4) is 11.3 Å². The van der Waals surface area contributed by atoms with E-state index in [0.29, 0.717) is 29.4 Å². The highest BCUT2D eigenvalue weighted by Crippen LogP contribution is 2.75. The van der Waals surface area contributed by atoms with Crippen molar-refractivity contribution < 1.29 is 9.90 Å². The fourth-order valence-corrected chi connectivity index (χ4v) is 13.2. The van der Waals surface area contributed by atoms with Gasteiger partial charge in [0.15, 0.2) is 0 Å². The zero-order valence-corrected chi connectivity index (χ0v) is 30.1. The van der Waals surface area contributed by atoms with Crippen molar-refractivity contribution in [2.45, 2.75) is 105 Å². The fraction of sp³-hybridized carbons (Fsp3) is 0.641. The molecule has 6 nitrogen and oxygen atoms in total. The summed E-state index contributed by atoms with van der Waals surface area (Å²) in [5, 5.41) is 15.5. The Balaban J connectivity index is 1.31. The maximum atomic E-state index is 13.1. The van der Waals surface area contributed by atoms with Crippen molar-refractivity contribution in [2.75, 3.05) is 0 Å². The van der Waals surface area contributed by atoms with Crippen molar-refractivity contribution >= 4 is 27.7 Å². The van der Waals surface area contributed by atoms with Crippen molar-refractivity contribution in [1.29, 1.82) is 0 Å². The van der Waals surface area contributed by atoms with Crippen LogP contribution in [0.15, 0.2) is 46.7 Å². The molecule has 0 bridgehead atoms. The summed E-state index contributed by atoms with van der Waals surface area (Å²) in [6.07, 6.45) is 12.1. The second-order valence-electron chi connectivity index (χ2n) is 17.2. The minimum atomic E-state index is -0.611. The Bertz CT molecular complexity index is 1810. The Hall–Kier alpha value is -2.54. The number of aromatic nitrogens is 4. The zero-order chi connectivity index (χ0) is 32.6. The largest absolute Gasteiger partial charge is 0.481 e. The molecule has 3 saturated carbocycles. The summed E-state index contributed by atoms with van der Waals surface area (Å²) >= 11 is 3.87. The lowest BCUT2D eigenvalue weighted by Crippen LogP contribution is -2.65. The third-order valence-corrected chi connectivity index (χ3v) is 16.1. The van der Waals surface area contributed by atoms with Gasteiger partial charge < -0.3 is 5.11 Å². The number of rotatable bonds is 2. The first-order valence-corrected chi connectivity index (χ1v) is 18.4. The van der Waals surface area contributed by atoms with Crippen molar-refractivity contribution in [2.24, 2.45) is 51.2 Å². The second-order valence-corrected chi connectivity index (χ2v) is 18.1. The number of hydrogen-bond acceptors (Lipinski definition) is 4. The summed E-state index contributed by atoms with van der Waals surface area (Å²) in [7, 11) is 0. The minimum Gasteiger partial charge on any atom is -0.481 e. The molecular formula is C39H49BrN4O2. The molecule has 9 atom stereocenters. The van der Waals surface area contributed by atoms with E-state index in [4.69, 9.17) is 10.1 Å². The Morgan fingerprint density at radius 2 is 1.76 bits per heavy atom. The molecule has 5 aliphatic carbocycles. The smallest absolute Gasteiger partial charge is 0.310 e. The van der Waals surface area contributed by atoms with Gasteiger partial charge in [0.1, 0.15) is 6.33 Å². The molecule has 1 aromatic carbocycles. The molecule has 7 heteroatoms. The van der Waals surface area contributed by atoms with Crippen LogP contribution in [0.2, 0.25) is 0 Å². The molecule has 5 aliphatic rings. The van der Waals surface area contributed by atoms with Crippen LogP contribution >= 0.6 is 15.9 Å². The number of allylic oxidation sites excluding steroid dienone is 2. The second kappa shape index (κ2) is 9.76. The van der Waals surface area contributed by atoms with Gasteiger partial charge in [-0.1, -0.05) is 94.2 Å². The summed E-state index contributed by atoms with van der Waals surface area (Å²) in [5.41, 5.74) is 5.57. The maximum Gasteiger partial charge on any atom is 0.310 e. The van der Waals surface area contributed by atoms with Crippen LogP contribution in [0.5, 0.6) is 0 Å². The average Bonchev–Trinajstić information content (AvgIpc) is 3.47. The Morgan fingerprint density at radius 3 is 2.50 bits per heavy atom. The van der Waals surface area contributed by atoms with Crippen molar-refractivity contribution in [3.05, 3.63) is 58.0 Å². The molecule has 3 aromatic rings. The lowest BCUT2D eigenvalue weighted by atomic mass is 9.33. The number of carbonyl (C=O) groups is 1. The Kier molecular flexibility index (Phi) is 6.53. The first kappa shape index (κ1) is 30.8. The van der Waals surface area contributed by atoms with Gasteiger partial charge in [0.2, 0.25) is 0 Å². The molecule has 3 fully saturated rings. The van der Waals surface area contributed by atoms with E-state index in [-0.39, 0.29) is 27.6 Å². The van der Waals surface area contributed by atoms with E-state index >= 15 is 0 Å². The summed E-state index contributed by atoms with van der Waals surface area (Å²) in [5.74, 6) is 2.12. The molecule has 244 valence electrons. The van der Waals surface area contributed by atoms with Gasteiger partial charge >= 0.3 is 5.97 Å². The van der Waals surface area contributed by atoms with Gasteiger partial charge in [-0.05, 0) is 103 Å². The van der Waals surface area contributed by atoms with Crippen molar-refractivity contribution in [1.82, 2.24) is 19.6 Å². The third kappa shape index (κ3) is 3.64. The van der Waals surface area contributed by atoms with E-state index < -0.39 is 11.4 Å². The predicted octanol–water partition coefficient (Wildman–Crippen LogP) is 9.31. The lowest BCUT2D eigenvalue weighted by molar-refractivity contribution is -0.179. The number of nitrogens with zero attached hydrogens (tertiary/aromatic N) is 4. The summed E-state index contributed by atoms with van der Waals surface area (Å²) in [6, 6.07) is 8.47. The van der Waals surface area contributed by atoms with Crippen molar-refractivity contribution in [3.63, 3.8) is 0 Å². The van der Waals surface area contributed by atoms with E-state index in [1.807, 2.05) is 4.52 Å². The number of hydrogen-bond donors (Lipinski definition) is 1. The number of benzene rings is 1. The van der Waals surface area contributed by atoms with E-state index in [0.717, 1.165) is 60.7 Å². The molecule has 2 aromatic heterocycles. The van der Waals surface area contributed by atoms with Crippen LogP contribution in [-0.2, 0) is 16.6 Å². The topological polar surface area (TPSA) is 80.4 Å². The maximum absolute atomic E-state index is 13.1. The molecule has 3 unspecified atom stereocenters. The minimum absolute atomic E-state index is 0.0113. The van der Waals surface area contributed by atoms with Gasteiger partial charge in [0, 0.05) is 21.0 Å². The summed E-state index contributed by atoms with van der Waals surface area (Å²) in [6.45, 7) is 17.3. The highest BCUT2D eigenvalue weighted by atomic mass is 79.9. The first-order valence-electron chi connectivity index (χ1n) is 17.6. The number of aliphatic carboxylic acids is 1. The van der Waals surface area contributed by atoms with Crippen LogP contribution in [0.25, 0.3) is 17.0 Å². The molecule has 8 rings (SSSR count). The molecule has 1 N–H and O–H groups in total. The molecule has 0 spiro atoms. The molecular weight excluding hydrogens is 636 g/mol. The fourth-order valence-electron chi connectivity index (χ4n) is 12.7. The van der Waals surface area contributed by atoms with Gasteiger partial charge in [-0.3, -0.25) is 4.79 Å².